The molecule has 0 aliphatic carbocycles. The predicted octanol–water partition coefficient (Wildman–Crippen LogP) is 4.06. The van der Waals surface area contributed by atoms with Crippen LogP contribution in [0.2, 0.25) is 0 Å². The second-order valence-corrected chi connectivity index (χ2v) is 5.46. The first-order valence-electron chi connectivity index (χ1n) is 7.45. The molecule has 1 aromatic heterocycles. The lowest BCUT2D eigenvalue weighted by Gasteiger charge is -2.03. The molecule has 0 bridgehead atoms. The summed E-state index contributed by atoms with van der Waals surface area (Å²) in [6.45, 7) is 0. The number of rotatable bonds is 3. The van der Waals surface area contributed by atoms with Crippen LogP contribution in [0.3, 0.4) is 0 Å². The average Bonchev–Trinajstić information content (AvgIpc) is 3.04. The summed E-state index contributed by atoms with van der Waals surface area (Å²) in [7, 11) is 0. The van der Waals surface area contributed by atoms with Crippen LogP contribution in [0, 0.1) is 0 Å². The summed E-state index contributed by atoms with van der Waals surface area (Å²) in [5.41, 5.74) is 8.49. The minimum atomic E-state index is 0.493. The Balaban J connectivity index is 1.67. The van der Waals surface area contributed by atoms with E-state index >= 15 is 0 Å². The molecule has 0 fully saturated rings. The van der Waals surface area contributed by atoms with E-state index < -0.39 is 0 Å². The van der Waals surface area contributed by atoms with Crippen molar-refractivity contribution in [1.29, 1.82) is 0 Å². The molecule has 0 aliphatic rings. The van der Waals surface area contributed by atoms with Crippen molar-refractivity contribution >= 4 is 16.5 Å². The molecule has 0 amide bonds. The molecule has 2 N–H and O–H groups in total. The molecular formula is C19H15N3O. The molecule has 0 aliphatic heterocycles. The van der Waals surface area contributed by atoms with Crippen LogP contribution in [0.4, 0.5) is 5.69 Å². The maximum atomic E-state index is 5.80. The fraction of sp³-hybridized carbons (Fsp3) is 0.0526. The van der Waals surface area contributed by atoms with Crippen LogP contribution in [0.5, 0.6) is 0 Å². The molecule has 4 aromatic rings. The van der Waals surface area contributed by atoms with Gasteiger partial charge in [-0.2, -0.15) is 4.98 Å². The van der Waals surface area contributed by atoms with E-state index in [0.717, 1.165) is 5.56 Å². The van der Waals surface area contributed by atoms with E-state index in [2.05, 4.69) is 40.5 Å². The third kappa shape index (κ3) is 2.66. The zero-order valence-electron chi connectivity index (χ0n) is 12.4. The second-order valence-electron chi connectivity index (χ2n) is 5.46. The van der Waals surface area contributed by atoms with Gasteiger partial charge in [0, 0.05) is 17.7 Å². The molecule has 0 saturated heterocycles. The van der Waals surface area contributed by atoms with Crippen molar-refractivity contribution in [3.63, 3.8) is 0 Å². The molecule has 1 heterocycles. The molecule has 3 aromatic carbocycles. The van der Waals surface area contributed by atoms with Gasteiger partial charge in [0.2, 0.25) is 0 Å². The largest absolute Gasteiger partial charge is 0.399 e. The van der Waals surface area contributed by atoms with Crippen LogP contribution < -0.4 is 5.73 Å². The molecule has 0 atom stereocenters. The maximum Gasteiger partial charge on any atom is 0.258 e. The molecular weight excluding hydrogens is 286 g/mol. The van der Waals surface area contributed by atoms with Crippen LogP contribution >= 0.6 is 0 Å². The predicted molar refractivity (Wildman–Crippen MR) is 90.9 cm³/mol. The van der Waals surface area contributed by atoms with Crippen LogP contribution in [-0.2, 0) is 6.42 Å². The molecule has 4 nitrogen and oxygen atoms in total. The highest BCUT2D eigenvalue weighted by atomic mass is 16.5. The summed E-state index contributed by atoms with van der Waals surface area (Å²) >= 11 is 0. The summed E-state index contributed by atoms with van der Waals surface area (Å²) in [6.07, 6.45) is 0.632. The quantitative estimate of drug-likeness (QED) is 0.579. The van der Waals surface area contributed by atoms with E-state index in [4.69, 9.17) is 10.3 Å². The summed E-state index contributed by atoms with van der Waals surface area (Å²) in [6, 6.07) is 22.0. The van der Waals surface area contributed by atoms with E-state index in [1.165, 1.54) is 16.3 Å². The molecule has 0 spiro atoms. The lowest BCUT2D eigenvalue weighted by molar-refractivity contribution is 0.424. The highest BCUT2D eigenvalue weighted by molar-refractivity contribution is 5.85. The summed E-state index contributed by atoms with van der Waals surface area (Å²) in [5, 5.41) is 6.52. The smallest absolute Gasteiger partial charge is 0.258 e. The van der Waals surface area contributed by atoms with E-state index in [0.29, 0.717) is 23.8 Å². The van der Waals surface area contributed by atoms with Crippen LogP contribution in [0.15, 0.2) is 71.3 Å². The van der Waals surface area contributed by atoms with Gasteiger partial charge in [-0.3, -0.25) is 0 Å². The van der Waals surface area contributed by atoms with Crippen LogP contribution in [0.1, 0.15) is 11.4 Å². The van der Waals surface area contributed by atoms with Gasteiger partial charge in [-0.15, -0.1) is 0 Å². The van der Waals surface area contributed by atoms with E-state index in [9.17, 15) is 0 Å². The first-order chi connectivity index (χ1) is 11.3. The van der Waals surface area contributed by atoms with Gasteiger partial charge in [0.25, 0.3) is 5.89 Å². The fourth-order valence-corrected chi connectivity index (χ4v) is 2.73. The first kappa shape index (κ1) is 13.5. The molecule has 4 rings (SSSR count). The van der Waals surface area contributed by atoms with Crippen LogP contribution in [-0.4, -0.2) is 10.1 Å². The van der Waals surface area contributed by atoms with Crippen molar-refractivity contribution < 1.29 is 4.52 Å². The Bertz CT molecular complexity index is 970. The zero-order valence-corrected chi connectivity index (χ0v) is 12.4. The Morgan fingerprint density at radius 3 is 2.65 bits per heavy atom. The normalized spacial score (nSPS) is 11.0. The van der Waals surface area contributed by atoms with Crippen molar-refractivity contribution in [2.75, 3.05) is 5.73 Å². The molecule has 23 heavy (non-hydrogen) atoms. The number of anilines is 1. The van der Waals surface area contributed by atoms with E-state index in [1.54, 1.807) is 0 Å². The van der Waals surface area contributed by atoms with Crippen molar-refractivity contribution in [1.82, 2.24) is 10.1 Å². The first-order valence-corrected chi connectivity index (χ1v) is 7.45. The number of fused-ring (bicyclic) bond motifs is 1. The van der Waals surface area contributed by atoms with Gasteiger partial charge < -0.3 is 10.3 Å². The lowest BCUT2D eigenvalue weighted by atomic mass is 10.0. The number of nitrogens with two attached hydrogens (primary N) is 1. The monoisotopic (exact) mass is 301 g/mol. The molecule has 4 heteroatoms. The third-order valence-electron chi connectivity index (χ3n) is 3.83. The number of hydrogen-bond donors (Lipinski definition) is 1. The Hall–Kier alpha value is -3.14. The zero-order chi connectivity index (χ0) is 15.6. The van der Waals surface area contributed by atoms with Crippen LogP contribution in [0.25, 0.3) is 22.2 Å². The highest BCUT2D eigenvalue weighted by Crippen LogP contribution is 2.23. The summed E-state index contributed by atoms with van der Waals surface area (Å²) < 4.78 is 5.37. The SMILES string of the molecule is Nc1cccc(-c2nc(Cc3cccc4ccccc34)no2)c1. The van der Waals surface area contributed by atoms with Gasteiger partial charge in [-0.25, -0.2) is 0 Å². The van der Waals surface area contributed by atoms with Gasteiger partial charge in [0.05, 0.1) is 0 Å². The topological polar surface area (TPSA) is 64.9 Å². The summed E-state index contributed by atoms with van der Waals surface area (Å²) in [5.74, 6) is 1.16. The number of aromatic nitrogens is 2. The molecule has 0 unspecified atom stereocenters. The molecule has 0 radical (unpaired) electrons. The fourth-order valence-electron chi connectivity index (χ4n) is 2.73. The van der Waals surface area contributed by atoms with Gasteiger partial charge in [0.15, 0.2) is 5.82 Å². The molecule has 0 saturated carbocycles. The molecule has 112 valence electrons. The van der Waals surface area contributed by atoms with Gasteiger partial charge in [-0.05, 0) is 34.5 Å². The minimum Gasteiger partial charge on any atom is -0.399 e. The maximum absolute atomic E-state index is 5.80. The minimum absolute atomic E-state index is 0.493. The Labute approximate surface area is 133 Å². The standard InChI is InChI=1S/C19H15N3O/c20-16-9-4-8-15(11-16)19-21-18(22-23-19)12-14-7-3-6-13-5-1-2-10-17(13)14/h1-11H,12,20H2. The van der Waals surface area contributed by atoms with Gasteiger partial charge in [0.1, 0.15) is 0 Å². The number of nitrogens with zero attached hydrogens (tertiary/aromatic N) is 2. The Kier molecular flexibility index (Phi) is 3.27. The van der Waals surface area contributed by atoms with Gasteiger partial charge >= 0.3 is 0 Å². The lowest BCUT2D eigenvalue weighted by Crippen LogP contribution is -1.92. The Morgan fingerprint density at radius 1 is 0.913 bits per heavy atom. The average molecular weight is 301 g/mol. The van der Waals surface area contributed by atoms with Crippen molar-refractivity contribution in [2.45, 2.75) is 6.42 Å². The van der Waals surface area contributed by atoms with E-state index in [-0.39, 0.29) is 0 Å². The summed E-state index contributed by atoms with van der Waals surface area (Å²) in [4.78, 5) is 4.49. The highest BCUT2D eigenvalue weighted by Gasteiger charge is 2.11. The van der Waals surface area contributed by atoms with E-state index in [1.807, 2.05) is 36.4 Å². The van der Waals surface area contributed by atoms with Gasteiger partial charge in [-0.1, -0.05) is 53.7 Å². The van der Waals surface area contributed by atoms with Crippen molar-refractivity contribution in [3.8, 4) is 11.5 Å². The van der Waals surface area contributed by atoms with Crippen molar-refractivity contribution in [3.05, 3.63) is 78.1 Å². The number of nitrogen functional groups attached to an aromatic ring is 1. The number of benzene rings is 3. The van der Waals surface area contributed by atoms with Crippen molar-refractivity contribution in [2.24, 2.45) is 0 Å². The number of hydrogen-bond acceptors (Lipinski definition) is 4. The third-order valence-corrected chi connectivity index (χ3v) is 3.83. The second kappa shape index (κ2) is 5.57. The Morgan fingerprint density at radius 2 is 1.74 bits per heavy atom.